The molecule has 0 radical (unpaired) electrons. The molecule has 2 rings (SSSR count). The van der Waals surface area contributed by atoms with Gasteiger partial charge in [-0.1, -0.05) is 0 Å². The minimum Gasteiger partial charge on any atom is -0.352 e. The van der Waals surface area contributed by atoms with Crippen LogP contribution in [0.2, 0.25) is 0 Å². The van der Waals surface area contributed by atoms with Gasteiger partial charge in [0.15, 0.2) is 0 Å². The molecule has 1 aliphatic heterocycles. The van der Waals surface area contributed by atoms with Crippen molar-refractivity contribution >= 4 is 23.3 Å². The molecule has 0 aromatic carbocycles. The van der Waals surface area contributed by atoms with Crippen LogP contribution in [-0.4, -0.2) is 43.5 Å². The summed E-state index contributed by atoms with van der Waals surface area (Å²) >= 11 is 0. The molecule has 0 saturated carbocycles. The Hall–Kier alpha value is -2.45. The molecular formula is C12H17N5O4. The van der Waals surface area contributed by atoms with Crippen molar-refractivity contribution in [2.45, 2.75) is 39.3 Å². The van der Waals surface area contributed by atoms with Crippen molar-refractivity contribution in [3.63, 3.8) is 0 Å². The average Bonchev–Trinajstić information content (AvgIpc) is 2.77. The summed E-state index contributed by atoms with van der Waals surface area (Å²) in [5, 5.41) is 17.9. The normalized spacial score (nSPS) is 18.7. The summed E-state index contributed by atoms with van der Waals surface area (Å²) < 4.78 is 1.31. The molecule has 0 bridgehead atoms. The molecule has 0 spiro atoms. The predicted octanol–water partition coefficient (Wildman–Crippen LogP) is 0.585. The molecule has 1 aromatic rings. The number of imide groups is 1. The Morgan fingerprint density at radius 1 is 1.43 bits per heavy atom. The summed E-state index contributed by atoms with van der Waals surface area (Å²) in [7, 11) is 1.55. The lowest BCUT2D eigenvalue weighted by molar-refractivity contribution is -0.384. The second kappa shape index (κ2) is 5.15. The lowest BCUT2D eigenvalue weighted by Gasteiger charge is -2.19. The molecule has 114 valence electrons. The number of rotatable bonds is 4. The number of nitrogens with one attached hydrogen (secondary N) is 1. The quantitative estimate of drug-likeness (QED) is 0.494. The smallest absolute Gasteiger partial charge is 0.333 e. The van der Waals surface area contributed by atoms with E-state index in [2.05, 4.69) is 10.4 Å². The number of nitro groups is 1. The highest BCUT2D eigenvalue weighted by Crippen LogP contribution is 2.29. The van der Waals surface area contributed by atoms with Crippen molar-refractivity contribution < 1.29 is 14.5 Å². The number of nitrogens with zero attached hydrogens (tertiary/aromatic N) is 4. The van der Waals surface area contributed by atoms with Crippen LogP contribution < -0.4 is 5.32 Å². The molecule has 2 heterocycles. The maximum atomic E-state index is 12.2. The van der Waals surface area contributed by atoms with Gasteiger partial charge in [0, 0.05) is 13.1 Å². The fourth-order valence-corrected chi connectivity index (χ4v) is 2.50. The molecule has 1 aromatic heterocycles. The minimum atomic E-state index is -0.798. The molecule has 1 atom stereocenters. The Bertz CT molecular complexity index is 621. The third-order valence-corrected chi connectivity index (χ3v) is 3.38. The van der Waals surface area contributed by atoms with E-state index in [1.807, 2.05) is 0 Å². The molecule has 2 amide bonds. The molecule has 1 fully saturated rings. The zero-order chi connectivity index (χ0) is 15.9. The Kier molecular flexibility index (Phi) is 3.67. The highest BCUT2D eigenvalue weighted by molar-refractivity contribution is 6.07. The van der Waals surface area contributed by atoms with Gasteiger partial charge >= 0.3 is 5.69 Å². The van der Waals surface area contributed by atoms with Crippen molar-refractivity contribution in [1.29, 1.82) is 0 Å². The maximum absolute atomic E-state index is 12.2. The van der Waals surface area contributed by atoms with Crippen LogP contribution in [0, 0.1) is 17.0 Å². The molecule has 1 N–H and O–H groups in total. The minimum absolute atomic E-state index is 0.0155. The van der Waals surface area contributed by atoms with Crippen LogP contribution in [-0.2, 0) is 16.6 Å². The summed E-state index contributed by atoms with van der Waals surface area (Å²) in [5.74, 6) is -0.522. The highest BCUT2D eigenvalue weighted by atomic mass is 16.6. The maximum Gasteiger partial charge on any atom is 0.333 e. The first kappa shape index (κ1) is 14.9. The molecule has 9 nitrogen and oxygen atoms in total. The summed E-state index contributed by atoms with van der Waals surface area (Å²) in [6.07, 6.45) is -0.0155. The van der Waals surface area contributed by atoms with E-state index in [0.717, 1.165) is 0 Å². The van der Waals surface area contributed by atoms with Crippen LogP contribution in [0.25, 0.3) is 0 Å². The zero-order valence-electron chi connectivity index (χ0n) is 12.3. The Labute approximate surface area is 121 Å². The van der Waals surface area contributed by atoms with Crippen LogP contribution in [0.15, 0.2) is 0 Å². The van der Waals surface area contributed by atoms with E-state index in [-0.39, 0.29) is 41.5 Å². The zero-order valence-corrected chi connectivity index (χ0v) is 12.3. The van der Waals surface area contributed by atoms with Gasteiger partial charge in [-0.25, -0.2) is 4.68 Å². The van der Waals surface area contributed by atoms with Crippen molar-refractivity contribution in [3.05, 3.63) is 15.8 Å². The third-order valence-electron chi connectivity index (χ3n) is 3.38. The fourth-order valence-electron chi connectivity index (χ4n) is 2.50. The molecular weight excluding hydrogens is 278 g/mol. The number of aromatic nitrogens is 2. The second-order valence-corrected chi connectivity index (χ2v) is 5.26. The molecule has 1 saturated heterocycles. The number of likely N-dealkylation sites (tertiary alicyclic amines) is 1. The third kappa shape index (κ3) is 2.46. The summed E-state index contributed by atoms with van der Waals surface area (Å²) in [4.78, 5) is 35.8. The summed E-state index contributed by atoms with van der Waals surface area (Å²) in [5.41, 5.74) is 0.0724. The number of anilines is 1. The van der Waals surface area contributed by atoms with Crippen LogP contribution >= 0.6 is 0 Å². The van der Waals surface area contributed by atoms with E-state index < -0.39 is 11.0 Å². The van der Waals surface area contributed by atoms with Gasteiger partial charge in [0.1, 0.15) is 11.7 Å². The Balaban J connectivity index is 2.30. The molecule has 0 aliphatic carbocycles. The van der Waals surface area contributed by atoms with Crippen LogP contribution in [0.1, 0.15) is 26.0 Å². The van der Waals surface area contributed by atoms with Gasteiger partial charge < -0.3 is 5.32 Å². The van der Waals surface area contributed by atoms with Crippen molar-refractivity contribution in [2.75, 3.05) is 5.32 Å². The van der Waals surface area contributed by atoms with E-state index in [9.17, 15) is 19.7 Å². The van der Waals surface area contributed by atoms with Crippen LogP contribution in [0.5, 0.6) is 0 Å². The predicted molar refractivity (Wildman–Crippen MR) is 73.6 cm³/mol. The summed E-state index contributed by atoms with van der Waals surface area (Å²) in [6.45, 7) is 5.01. The number of hydrogen-bond donors (Lipinski definition) is 1. The monoisotopic (exact) mass is 295 g/mol. The standard InChI is InChI=1S/C12H17N5O4/c1-6(2)16-9(18)5-8(12(16)19)13-11-10(17(20)21)7(3)14-15(11)4/h6,8,13H,5H2,1-4H3. The van der Waals surface area contributed by atoms with Gasteiger partial charge in [0.25, 0.3) is 5.91 Å². The number of carbonyl (C=O) groups is 2. The number of amides is 2. The van der Waals surface area contributed by atoms with E-state index >= 15 is 0 Å². The van der Waals surface area contributed by atoms with Crippen molar-refractivity contribution in [1.82, 2.24) is 14.7 Å². The largest absolute Gasteiger partial charge is 0.352 e. The second-order valence-electron chi connectivity index (χ2n) is 5.26. The van der Waals surface area contributed by atoms with Gasteiger partial charge in [0.05, 0.1) is 11.3 Å². The van der Waals surface area contributed by atoms with E-state index in [1.54, 1.807) is 20.9 Å². The van der Waals surface area contributed by atoms with Crippen molar-refractivity contribution in [3.8, 4) is 0 Å². The molecule has 1 unspecified atom stereocenters. The number of hydrogen-bond acceptors (Lipinski definition) is 6. The summed E-state index contributed by atoms with van der Waals surface area (Å²) in [6, 6.07) is -1.03. The van der Waals surface area contributed by atoms with Gasteiger partial charge in [-0.15, -0.1) is 0 Å². The number of aryl methyl sites for hydroxylation is 2. The fraction of sp³-hybridized carbons (Fsp3) is 0.583. The molecule has 9 heteroatoms. The van der Waals surface area contributed by atoms with Crippen molar-refractivity contribution in [2.24, 2.45) is 7.05 Å². The first-order valence-electron chi connectivity index (χ1n) is 6.54. The number of carbonyl (C=O) groups excluding carboxylic acids is 2. The highest BCUT2D eigenvalue weighted by Gasteiger charge is 2.41. The SMILES string of the molecule is Cc1nn(C)c(NC2CC(=O)N(C(C)C)C2=O)c1[N+](=O)[O-]. The van der Waals surface area contributed by atoms with Gasteiger partial charge in [-0.2, -0.15) is 5.10 Å². The lowest BCUT2D eigenvalue weighted by atomic mass is 10.2. The van der Waals surface area contributed by atoms with E-state index in [0.29, 0.717) is 0 Å². The average molecular weight is 295 g/mol. The Morgan fingerprint density at radius 2 is 2.05 bits per heavy atom. The lowest BCUT2D eigenvalue weighted by Crippen LogP contribution is -2.39. The first-order valence-corrected chi connectivity index (χ1v) is 6.54. The van der Waals surface area contributed by atoms with E-state index in [1.165, 1.54) is 16.5 Å². The van der Waals surface area contributed by atoms with E-state index in [4.69, 9.17) is 0 Å². The molecule has 1 aliphatic rings. The van der Waals surface area contributed by atoms with Gasteiger partial charge in [-0.3, -0.25) is 24.6 Å². The van der Waals surface area contributed by atoms with Crippen LogP contribution in [0.4, 0.5) is 11.5 Å². The first-order chi connectivity index (χ1) is 9.73. The molecule has 21 heavy (non-hydrogen) atoms. The van der Waals surface area contributed by atoms with Gasteiger partial charge in [0.2, 0.25) is 11.7 Å². The topological polar surface area (TPSA) is 110 Å². The van der Waals surface area contributed by atoms with Crippen LogP contribution in [0.3, 0.4) is 0 Å². The van der Waals surface area contributed by atoms with Gasteiger partial charge in [-0.05, 0) is 20.8 Å². The Morgan fingerprint density at radius 3 is 2.52 bits per heavy atom.